The first-order valence-electron chi connectivity index (χ1n) is 9.49. The lowest BCUT2D eigenvalue weighted by molar-refractivity contribution is -0.126. The number of hydrogen-bond donors (Lipinski definition) is 1. The minimum Gasteiger partial charge on any atom is -0.465 e. The zero-order chi connectivity index (χ0) is 20.3. The monoisotopic (exact) mass is 381 g/mol. The molecule has 148 valence electrons. The fraction of sp³-hybridized carbons (Fsp3) is 0.391. The molecule has 28 heavy (non-hydrogen) atoms. The fourth-order valence-corrected chi connectivity index (χ4v) is 3.85. The van der Waals surface area contributed by atoms with Crippen LogP contribution >= 0.6 is 0 Å². The summed E-state index contributed by atoms with van der Waals surface area (Å²) in [6.45, 7) is 5.66. The van der Waals surface area contributed by atoms with E-state index in [-0.39, 0.29) is 29.6 Å². The van der Waals surface area contributed by atoms with E-state index < -0.39 is 0 Å². The van der Waals surface area contributed by atoms with Crippen LogP contribution in [0.15, 0.2) is 48.5 Å². The van der Waals surface area contributed by atoms with Crippen LogP contribution in [0.3, 0.4) is 0 Å². The molecule has 3 atom stereocenters. The number of benzene rings is 2. The van der Waals surface area contributed by atoms with Gasteiger partial charge in [0.15, 0.2) is 0 Å². The third kappa shape index (κ3) is 4.60. The van der Waals surface area contributed by atoms with Crippen LogP contribution in [0.4, 0.5) is 0 Å². The van der Waals surface area contributed by atoms with Crippen molar-refractivity contribution >= 4 is 11.9 Å². The van der Waals surface area contributed by atoms with Crippen molar-refractivity contribution in [3.05, 3.63) is 70.8 Å². The van der Waals surface area contributed by atoms with Gasteiger partial charge in [0.05, 0.1) is 24.9 Å². The zero-order valence-corrected chi connectivity index (χ0v) is 16.8. The van der Waals surface area contributed by atoms with Crippen LogP contribution in [0.25, 0.3) is 0 Å². The highest BCUT2D eigenvalue weighted by atomic mass is 16.5. The molecule has 2 aromatic rings. The zero-order valence-electron chi connectivity index (χ0n) is 16.8. The van der Waals surface area contributed by atoms with Gasteiger partial charge in [0.1, 0.15) is 0 Å². The van der Waals surface area contributed by atoms with E-state index in [2.05, 4.69) is 43.4 Å². The normalized spacial score (nSPS) is 24.4. The van der Waals surface area contributed by atoms with Crippen LogP contribution in [0.5, 0.6) is 0 Å². The summed E-state index contributed by atoms with van der Waals surface area (Å²) in [7, 11) is 1.37. The molecule has 5 heteroatoms. The van der Waals surface area contributed by atoms with Crippen molar-refractivity contribution in [2.24, 2.45) is 0 Å². The van der Waals surface area contributed by atoms with E-state index in [9.17, 15) is 9.59 Å². The maximum atomic E-state index is 11.8. The highest BCUT2D eigenvalue weighted by molar-refractivity contribution is 5.89. The number of nitrogens with one attached hydrogen (secondary N) is 1. The topological polar surface area (TPSA) is 64.6 Å². The second kappa shape index (κ2) is 8.15. The van der Waals surface area contributed by atoms with E-state index >= 15 is 0 Å². The molecular formula is C23H27NO4. The smallest absolute Gasteiger partial charge is 0.337 e. The predicted molar refractivity (Wildman–Crippen MR) is 107 cm³/mol. The Labute approximate surface area is 166 Å². The molecule has 1 saturated heterocycles. The van der Waals surface area contributed by atoms with Crippen molar-refractivity contribution in [1.82, 2.24) is 5.32 Å². The lowest BCUT2D eigenvalue weighted by atomic mass is 9.81. The molecule has 0 aliphatic carbocycles. The molecule has 3 rings (SSSR count). The first-order chi connectivity index (χ1) is 13.3. The Hall–Kier alpha value is -2.66. The SMILES string of the molecule is COC(=O)c1ccc([C@@H]2CC(C)(NC(C)=O)C[C@H](c3ccc(C)cc3)O2)cc1. The lowest BCUT2D eigenvalue weighted by Gasteiger charge is -2.43. The van der Waals surface area contributed by atoms with Crippen molar-refractivity contribution in [2.45, 2.75) is 51.4 Å². The molecule has 1 amide bonds. The Morgan fingerprint density at radius 2 is 1.50 bits per heavy atom. The Morgan fingerprint density at radius 3 is 1.96 bits per heavy atom. The van der Waals surface area contributed by atoms with Gasteiger partial charge < -0.3 is 14.8 Å². The number of carbonyl (C=O) groups excluding carboxylic acids is 2. The summed E-state index contributed by atoms with van der Waals surface area (Å²) in [5.41, 5.74) is 3.38. The van der Waals surface area contributed by atoms with Gasteiger partial charge in [-0.05, 0) is 37.1 Å². The third-order valence-electron chi connectivity index (χ3n) is 5.23. The van der Waals surface area contributed by atoms with Crippen molar-refractivity contribution in [1.29, 1.82) is 0 Å². The molecule has 0 spiro atoms. The van der Waals surface area contributed by atoms with Gasteiger partial charge in [-0.15, -0.1) is 0 Å². The van der Waals surface area contributed by atoms with E-state index in [4.69, 9.17) is 9.47 Å². The average molecular weight is 381 g/mol. The molecule has 0 aromatic heterocycles. The quantitative estimate of drug-likeness (QED) is 0.804. The Kier molecular flexibility index (Phi) is 5.84. The number of hydrogen-bond acceptors (Lipinski definition) is 4. The van der Waals surface area contributed by atoms with Gasteiger partial charge in [-0.1, -0.05) is 42.0 Å². The van der Waals surface area contributed by atoms with Crippen molar-refractivity contribution in [3.63, 3.8) is 0 Å². The molecule has 1 heterocycles. The predicted octanol–water partition coefficient (Wildman–Crippen LogP) is 4.27. The number of esters is 1. The molecule has 1 fully saturated rings. The van der Waals surface area contributed by atoms with Gasteiger partial charge in [-0.25, -0.2) is 4.79 Å². The van der Waals surface area contributed by atoms with Gasteiger partial charge in [-0.3, -0.25) is 4.79 Å². The van der Waals surface area contributed by atoms with Gasteiger partial charge >= 0.3 is 5.97 Å². The van der Waals surface area contributed by atoms with E-state index in [1.54, 1.807) is 19.1 Å². The van der Waals surface area contributed by atoms with Crippen molar-refractivity contribution in [2.75, 3.05) is 7.11 Å². The molecule has 2 aromatic carbocycles. The van der Waals surface area contributed by atoms with Gasteiger partial charge in [0.2, 0.25) is 5.91 Å². The van der Waals surface area contributed by atoms with Crippen molar-refractivity contribution in [3.8, 4) is 0 Å². The summed E-state index contributed by atoms with van der Waals surface area (Å²) in [5, 5.41) is 3.11. The highest BCUT2D eigenvalue weighted by Gasteiger charge is 2.39. The molecule has 0 saturated carbocycles. The third-order valence-corrected chi connectivity index (χ3v) is 5.23. The molecule has 0 bridgehead atoms. The van der Waals surface area contributed by atoms with Gasteiger partial charge in [0, 0.05) is 25.3 Å². The Bertz CT molecular complexity index is 844. The van der Waals surface area contributed by atoms with E-state index in [0.717, 1.165) is 11.1 Å². The van der Waals surface area contributed by atoms with Gasteiger partial charge in [0.25, 0.3) is 0 Å². The lowest BCUT2D eigenvalue weighted by Crippen LogP contribution is -2.50. The molecule has 1 aliphatic rings. The molecule has 0 radical (unpaired) electrons. The Morgan fingerprint density at radius 1 is 1.00 bits per heavy atom. The maximum absolute atomic E-state index is 11.8. The van der Waals surface area contributed by atoms with Crippen LogP contribution in [-0.2, 0) is 14.3 Å². The second-order valence-electron chi connectivity index (χ2n) is 7.79. The minimum absolute atomic E-state index is 0.0492. The summed E-state index contributed by atoms with van der Waals surface area (Å²) in [5.74, 6) is -0.413. The van der Waals surface area contributed by atoms with Crippen molar-refractivity contribution < 1.29 is 19.1 Å². The number of methoxy groups -OCH3 is 1. The largest absolute Gasteiger partial charge is 0.465 e. The van der Waals surface area contributed by atoms with E-state index in [1.165, 1.54) is 12.7 Å². The van der Waals surface area contributed by atoms with Crippen LogP contribution < -0.4 is 5.32 Å². The summed E-state index contributed by atoms with van der Waals surface area (Å²) in [6, 6.07) is 15.6. The number of amides is 1. The maximum Gasteiger partial charge on any atom is 0.337 e. The van der Waals surface area contributed by atoms with Crippen LogP contribution in [0.1, 0.15) is 65.9 Å². The summed E-state index contributed by atoms with van der Waals surface area (Å²) in [6.07, 6.45) is 1.04. The average Bonchev–Trinajstić information content (AvgIpc) is 2.66. The molecule has 1 aliphatic heterocycles. The number of ether oxygens (including phenoxy) is 2. The van der Waals surface area contributed by atoms with E-state index in [1.807, 2.05) is 12.1 Å². The first-order valence-corrected chi connectivity index (χ1v) is 9.49. The van der Waals surface area contributed by atoms with E-state index in [0.29, 0.717) is 18.4 Å². The summed E-state index contributed by atoms with van der Waals surface area (Å²) >= 11 is 0. The number of rotatable bonds is 4. The van der Waals surface area contributed by atoms with Gasteiger partial charge in [-0.2, -0.15) is 0 Å². The second-order valence-corrected chi connectivity index (χ2v) is 7.79. The Balaban J connectivity index is 1.89. The molecule has 1 unspecified atom stereocenters. The summed E-state index contributed by atoms with van der Waals surface area (Å²) < 4.78 is 11.2. The summed E-state index contributed by atoms with van der Waals surface area (Å²) in [4.78, 5) is 23.5. The van der Waals surface area contributed by atoms with Crippen LogP contribution in [-0.4, -0.2) is 24.5 Å². The van der Waals surface area contributed by atoms with Crippen LogP contribution in [0, 0.1) is 6.92 Å². The molecule has 1 N–H and O–H groups in total. The van der Waals surface area contributed by atoms with Crippen LogP contribution in [0.2, 0.25) is 0 Å². The number of carbonyl (C=O) groups is 2. The molecule has 5 nitrogen and oxygen atoms in total. The minimum atomic E-state index is -0.384. The first kappa shape index (κ1) is 20.1. The molecular weight excluding hydrogens is 354 g/mol. The fourth-order valence-electron chi connectivity index (χ4n) is 3.85. The highest BCUT2D eigenvalue weighted by Crippen LogP contribution is 2.43. The number of aryl methyl sites for hydroxylation is 1. The standard InChI is InChI=1S/C23H27NO4/c1-15-5-7-17(8-6-15)20-13-23(3,24-16(2)25)14-21(28-20)18-9-11-19(12-10-18)22(26)27-4/h5-12,20-21H,13-14H2,1-4H3,(H,24,25)/t20-,21+,23?/m1/s1.